The van der Waals surface area contributed by atoms with Crippen LogP contribution in [0.4, 0.5) is 4.79 Å². The van der Waals surface area contributed by atoms with E-state index in [4.69, 9.17) is 4.42 Å². The Balaban J connectivity index is 2.00. The van der Waals surface area contributed by atoms with Crippen LogP contribution in [0.5, 0.6) is 0 Å². The Morgan fingerprint density at radius 1 is 1.22 bits per heavy atom. The molecular weight excluding hydrogens is 294 g/mol. The lowest BCUT2D eigenvalue weighted by molar-refractivity contribution is 0.0807. The van der Waals surface area contributed by atoms with Crippen molar-refractivity contribution < 1.29 is 14.0 Å². The first kappa shape index (κ1) is 17.0. The topological polar surface area (TPSA) is 65.8 Å². The van der Waals surface area contributed by atoms with Gasteiger partial charge in [-0.05, 0) is 52.2 Å². The summed E-state index contributed by atoms with van der Waals surface area (Å²) in [6.07, 6.45) is 2.41. The summed E-state index contributed by atoms with van der Waals surface area (Å²) in [6, 6.07) is 6.66. The van der Waals surface area contributed by atoms with Crippen molar-refractivity contribution in [2.45, 2.75) is 13.3 Å². The highest BCUT2D eigenvalue weighted by Crippen LogP contribution is 2.18. The van der Waals surface area contributed by atoms with Crippen molar-refractivity contribution in [2.75, 3.05) is 33.7 Å². The maximum absolute atomic E-state index is 12.5. The van der Waals surface area contributed by atoms with Gasteiger partial charge < -0.3 is 14.6 Å². The fraction of sp³-hybridized carbons (Fsp3) is 0.412. The highest BCUT2D eigenvalue weighted by molar-refractivity contribution is 6.05. The Morgan fingerprint density at radius 3 is 2.70 bits per heavy atom. The van der Waals surface area contributed by atoms with E-state index in [-0.39, 0.29) is 11.9 Å². The number of hydrogen-bond donors (Lipinski definition) is 1. The van der Waals surface area contributed by atoms with Gasteiger partial charge in [0.15, 0.2) is 0 Å². The number of urea groups is 1. The van der Waals surface area contributed by atoms with Crippen LogP contribution < -0.4 is 5.32 Å². The molecule has 1 aromatic heterocycles. The molecule has 0 atom stereocenters. The lowest BCUT2D eigenvalue weighted by Crippen LogP contribution is -2.44. The highest BCUT2D eigenvalue weighted by Gasteiger charge is 2.21. The number of carbonyl (C=O) groups is 2. The summed E-state index contributed by atoms with van der Waals surface area (Å²) < 4.78 is 5.31. The van der Waals surface area contributed by atoms with Crippen molar-refractivity contribution in [2.24, 2.45) is 0 Å². The highest BCUT2D eigenvalue weighted by atomic mass is 16.3. The zero-order chi connectivity index (χ0) is 16.8. The predicted octanol–water partition coefficient (Wildman–Crippen LogP) is 2.56. The van der Waals surface area contributed by atoms with E-state index in [0.29, 0.717) is 24.2 Å². The van der Waals surface area contributed by atoms with Gasteiger partial charge in [0.05, 0.1) is 6.26 Å². The molecule has 0 radical (unpaired) electrons. The Bertz CT molecular complexity index is 679. The minimum Gasteiger partial charge on any atom is -0.464 e. The van der Waals surface area contributed by atoms with Crippen molar-refractivity contribution in [3.8, 4) is 0 Å². The molecule has 0 aliphatic carbocycles. The molecule has 0 fully saturated rings. The second-order valence-corrected chi connectivity index (χ2v) is 5.61. The van der Waals surface area contributed by atoms with Crippen LogP contribution in [0.2, 0.25) is 0 Å². The second-order valence-electron chi connectivity index (χ2n) is 5.61. The SMILES string of the molecule is CCN(C(=O)NCCCN(C)C)C(=O)c1ccc2ccoc2c1. The van der Waals surface area contributed by atoms with E-state index in [9.17, 15) is 9.59 Å². The molecule has 2 aromatic rings. The van der Waals surface area contributed by atoms with E-state index >= 15 is 0 Å². The summed E-state index contributed by atoms with van der Waals surface area (Å²) in [7, 11) is 3.96. The fourth-order valence-electron chi connectivity index (χ4n) is 2.31. The zero-order valence-corrected chi connectivity index (χ0v) is 13.8. The molecule has 1 heterocycles. The molecule has 0 saturated heterocycles. The summed E-state index contributed by atoms with van der Waals surface area (Å²) in [5.74, 6) is -0.323. The third-order valence-corrected chi connectivity index (χ3v) is 3.57. The summed E-state index contributed by atoms with van der Waals surface area (Å²) >= 11 is 0. The van der Waals surface area contributed by atoms with Gasteiger partial charge in [-0.1, -0.05) is 6.07 Å². The summed E-state index contributed by atoms with van der Waals surface area (Å²) in [6.45, 7) is 3.52. The third kappa shape index (κ3) is 4.32. The van der Waals surface area contributed by atoms with E-state index < -0.39 is 0 Å². The van der Waals surface area contributed by atoms with Crippen LogP contribution in [-0.4, -0.2) is 55.5 Å². The molecule has 23 heavy (non-hydrogen) atoms. The Kier molecular flexibility index (Phi) is 5.76. The van der Waals surface area contributed by atoms with Gasteiger partial charge in [-0.2, -0.15) is 0 Å². The lowest BCUT2D eigenvalue weighted by atomic mass is 10.1. The van der Waals surface area contributed by atoms with Crippen LogP contribution >= 0.6 is 0 Å². The second kappa shape index (κ2) is 7.78. The standard InChI is InChI=1S/C17H23N3O3/c1-4-20(17(22)18-9-5-10-19(2)3)16(21)14-7-6-13-8-11-23-15(13)12-14/h6-8,11-12H,4-5,9-10H2,1-3H3,(H,18,22). The summed E-state index contributed by atoms with van der Waals surface area (Å²) in [4.78, 5) is 28.0. The molecule has 1 N–H and O–H groups in total. The van der Waals surface area contributed by atoms with Crippen LogP contribution in [-0.2, 0) is 0 Å². The van der Waals surface area contributed by atoms with Crippen molar-refractivity contribution >= 4 is 22.9 Å². The van der Waals surface area contributed by atoms with Gasteiger partial charge in [0, 0.05) is 24.0 Å². The number of nitrogens with one attached hydrogen (secondary N) is 1. The Hall–Kier alpha value is -2.34. The Labute approximate surface area is 136 Å². The van der Waals surface area contributed by atoms with Gasteiger partial charge in [0.25, 0.3) is 5.91 Å². The number of rotatable bonds is 6. The molecule has 2 rings (SSSR count). The molecule has 1 aromatic carbocycles. The number of hydrogen-bond acceptors (Lipinski definition) is 4. The van der Waals surface area contributed by atoms with Gasteiger partial charge >= 0.3 is 6.03 Å². The molecule has 0 spiro atoms. The van der Waals surface area contributed by atoms with Crippen LogP contribution in [0.1, 0.15) is 23.7 Å². The zero-order valence-electron chi connectivity index (χ0n) is 13.8. The first-order chi connectivity index (χ1) is 11.0. The first-order valence-corrected chi connectivity index (χ1v) is 7.74. The maximum Gasteiger partial charge on any atom is 0.324 e. The van der Waals surface area contributed by atoms with Gasteiger partial charge in [-0.15, -0.1) is 0 Å². The summed E-state index contributed by atoms with van der Waals surface area (Å²) in [5, 5.41) is 3.72. The normalized spacial score (nSPS) is 11.0. The number of nitrogens with zero attached hydrogens (tertiary/aromatic N) is 2. The molecule has 0 bridgehead atoms. The molecule has 0 aliphatic rings. The van der Waals surface area contributed by atoms with E-state index in [0.717, 1.165) is 18.4 Å². The minimum atomic E-state index is -0.365. The van der Waals surface area contributed by atoms with Gasteiger partial charge in [-0.3, -0.25) is 9.69 Å². The molecule has 6 nitrogen and oxygen atoms in total. The van der Waals surface area contributed by atoms with Gasteiger partial charge in [0.1, 0.15) is 5.58 Å². The molecule has 124 valence electrons. The third-order valence-electron chi connectivity index (χ3n) is 3.57. The number of carbonyl (C=O) groups excluding carboxylic acids is 2. The largest absolute Gasteiger partial charge is 0.464 e. The molecule has 3 amide bonds. The first-order valence-electron chi connectivity index (χ1n) is 7.74. The molecule has 0 aliphatic heterocycles. The monoisotopic (exact) mass is 317 g/mol. The number of furan rings is 1. The van der Waals surface area contributed by atoms with E-state index in [1.54, 1.807) is 25.3 Å². The molecular formula is C17H23N3O3. The van der Waals surface area contributed by atoms with Crippen LogP contribution in [0.3, 0.4) is 0 Å². The van der Waals surface area contributed by atoms with E-state index in [1.807, 2.05) is 31.1 Å². The minimum absolute atomic E-state index is 0.314. The van der Waals surface area contributed by atoms with Crippen molar-refractivity contribution in [1.29, 1.82) is 0 Å². The maximum atomic E-state index is 12.5. The van der Waals surface area contributed by atoms with Crippen molar-refractivity contribution in [1.82, 2.24) is 15.1 Å². The Morgan fingerprint density at radius 2 is 2.00 bits per heavy atom. The van der Waals surface area contributed by atoms with Gasteiger partial charge in [0.2, 0.25) is 0 Å². The van der Waals surface area contributed by atoms with Crippen molar-refractivity contribution in [3.05, 3.63) is 36.1 Å². The van der Waals surface area contributed by atoms with Crippen LogP contribution in [0.25, 0.3) is 11.0 Å². The predicted molar refractivity (Wildman–Crippen MR) is 89.5 cm³/mol. The molecule has 0 saturated carbocycles. The summed E-state index contributed by atoms with van der Waals surface area (Å²) in [5.41, 5.74) is 1.08. The smallest absolute Gasteiger partial charge is 0.324 e. The van der Waals surface area contributed by atoms with Crippen molar-refractivity contribution in [3.63, 3.8) is 0 Å². The van der Waals surface area contributed by atoms with Crippen LogP contribution in [0.15, 0.2) is 34.9 Å². The van der Waals surface area contributed by atoms with Gasteiger partial charge in [-0.25, -0.2) is 4.79 Å². The average Bonchev–Trinajstić information content (AvgIpc) is 2.99. The van der Waals surface area contributed by atoms with E-state index in [2.05, 4.69) is 5.32 Å². The number of amides is 3. The number of fused-ring (bicyclic) bond motifs is 1. The number of imide groups is 1. The average molecular weight is 317 g/mol. The number of benzene rings is 1. The van der Waals surface area contributed by atoms with Crippen LogP contribution in [0, 0.1) is 0 Å². The molecule has 6 heteroatoms. The fourth-order valence-corrected chi connectivity index (χ4v) is 2.31. The van der Waals surface area contributed by atoms with E-state index in [1.165, 1.54) is 4.90 Å². The molecule has 0 unspecified atom stereocenters. The quantitative estimate of drug-likeness (QED) is 0.832. The lowest BCUT2D eigenvalue weighted by Gasteiger charge is -2.20.